The van der Waals surface area contributed by atoms with E-state index < -0.39 is 0 Å². The van der Waals surface area contributed by atoms with Crippen LogP contribution in [0.1, 0.15) is 31.2 Å². The number of nitrogens with one attached hydrogen (secondary N) is 1. The summed E-state index contributed by atoms with van der Waals surface area (Å²) in [5, 5.41) is 3.36. The molecular formula is C19H21ClN2O3. The zero-order valence-corrected chi connectivity index (χ0v) is 14.9. The Balaban J connectivity index is 1.36. The zero-order valence-electron chi connectivity index (χ0n) is 14.1. The van der Waals surface area contributed by atoms with Gasteiger partial charge in [0.25, 0.3) is 0 Å². The predicted octanol–water partition coefficient (Wildman–Crippen LogP) is 3.01. The largest absolute Gasteiger partial charge is 0.326 e. The van der Waals surface area contributed by atoms with Gasteiger partial charge in [-0.2, -0.15) is 0 Å². The second-order valence-corrected chi connectivity index (χ2v) is 7.88. The molecule has 6 heteroatoms. The Labute approximate surface area is 151 Å². The van der Waals surface area contributed by atoms with Crippen LogP contribution in [0.2, 0.25) is 5.02 Å². The fourth-order valence-electron chi connectivity index (χ4n) is 4.80. The SMILES string of the molecule is Cc1ccc(NC(=O)CCN2C(=O)[C@H]3[C@@H]4CC[C@H](C4)[C@@H]3C2=O)cc1Cl. The van der Waals surface area contributed by atoms with Crippen LogP contribution in [0.3, 0.4) is 0 Å². The first-order valence-electron chi connectivity index (χ1n) is 8.87. The lowest BCUT2D eigenvalue weighted by Crippen LogP contribution is -2.35. The maximum atomic E-state index is 12.6. The van der Waals surface area contributed by atoms with Crippen molar-refractivity contribution in [3.05, 3.63) is 28.8 Å². The van der Waals surface area contributed by atoms with Crippen molar-refractivity contribution >= 4 is 35.0 Å². The maximum Gasteiger partial charge on any atom is 0.233 e. The first kappa shape index (κ1) is 16.6. The van der Waals surface area contributed by atoms with Gasteiger partial charge in [-0.25, -0.2) is 0 Å². The minimum Gasteiger partial charge on any atom is -0.326 e. The van der Waals surface area contributed by atoms with E-state index in [1.165, 1.54) is 4.90 Å². The topological polar surface area (TPSA) is 66.5 Å². The molecule has 2 bridgehead atoms. The van der Waals surface area contributed by atoms with Crippen LogP contribution in [0.25, 0.3) is 0 Å². The quantitative estimate of drug-likeness (QED) is 0.839. The molecule has 1 aliphatic heterocycles. The van der Waals surface area contributed by atoms with Crippen LogP contribution in [-0.2, 0) is 14.4 Å². The number of nitrogens with zero attached hydrogens (tertiary/aromatic N) is 1. The summed E-state index contributed by atoms with van der Waals surface area (Å²) in [7, 11) is 0. The molecule has 1 aromatic rings. The molecule has 1 N–H and O–H groups in total. The number of hydrogen-bond donors (Lipinski definition) is 1. The maximum absolute atomic E-state index is 12.6. The average Bonchev–Trinajstić information content (AvgIpc) is 3.24. The molecule has 1 saturated heterocycles. The Morgan fingerprint density at radius 3 is 2.44 bits per heavy atom. The van der Waals surface area contributed by atoms with Crippen molar-refractivity contribution in [2.24, 2.45) is 23.7 Å². The van der Waals surface area contributed by atoms with E-state index in [-0.39, 0.29) is 42.5 Å². The summed E-state index contributed by atoms with van der Waals surface area (Å²) in [4.78, 5) is 38.7. The van der Waals surface area contributed by atoms with E-state index in [0.717, 1.165) is 24.8 Å². The van der Waals surface area contributed by atoms with Crippen LogP contribution < -0.4 is 5.32 Å². The van der Waals surface area contributed by atoms with Crippen molar-refractivity contribution in [1.82, 2.24) is 4.90 Å². The van der Waals surface area contributed by atoms with Gasteiger partial charge >= 0.3 is 0 Å². The highest BCUT2D eigenvalue weighted by Gasteiger charge is 2.60. The van der Waals surface area contributed by atoms with Gasteiger partial charge in [-0.1, -0.05) is 17.7 Å². The van der Waals surface area contributed by atoms with Crippen molar-refractivity contribution < 1.29 is 14.4 Å². The molecule has 2 aliphatic carbocycles. The second kappa shape index (κ2) is 6.13. The van der Waals surface area contributed by atoms with Crippen molar-refractivity contribution in [3.8, 4) is 0 Å². The molecule has 3 aliphatic rings. The Morgan fingerprint density at radius 1 is 1.20 bits per heavy atom. The number of hydrogen-bond acceptors (Lipinski definition) is 3. The standard InChI is InChI=1S/C19H21ClN2O3/c1-10-2-5-13(9-14(10)20)21-15(23)6-7-22-18(24)16-11-3-4-12(8-11)17(16)19(22)25/h2,5,9,11-12,16-17H,3-4,6-8H2,1H3,(H,21,23)/t11-,12-,16+,17+/m1/s1. The minimum absolute atomic E-state index is 0.0617. The van der Waals surface area contributed by atoms with Crippen LogP contribution in [0.4, 0.5) is 5.69 Å². The van der Waals surface area contributed by atoms with Gasteiger partial charge in [0.05, 0.1) is 11.8 Å². The third kappa shape index (κ3) is 2.74. The number of aryl methyl sites for hydroxylation is 1. The fraction of sp³-hybridized carbons (Fsp3) is 0.526. The van der Waals surface area contributed by atoms with Gasteiger partial charge in [-0.3, -0.25) is 19.3 Å². The molecule has 4 atom stereocenters. The second-order valence-electron chi connectivity index (χ2n) is 7.48. The lowest BCUT2D eigenvalue weighted by Gasteiger charge is -2.19. The molecule has 3 fully saturated rings. The number of likely N-dealkylation sites (tertiary alicyclic amines) is 1. The normalized spacial score (nSPS) is 30.1. The lowest BCUT2D eigenvalue weighted by molar-refractivity contribution is -0.140. The molecule has 5 nitrogen and oxygen atoms in total. The first-order valence-corrected chi connectivity index (χ1v) is 9.24. The van der Waals surface area contributed by atoms with E-state index in [0.29, 0.717) is 22.5 Å². The van der Waals surface area contributed by atoms with Gasteiger partial charge in [0, 0.05) is 23.7 Å². The molecule has 25 heavy (non-hydrogen) atoms. The number of fused-ring (bicyclic) bond motifs is 5. The summed E-state index contributed by atoms with van der Waals surface area (Å²) >= 11 is 6.06. The van der Waals surface area contributed by atoms with Gasteiger partial charge in [0.15, 0.2) is 0 Å². The number of benzene rings is 1. The number of imide groups is 1. The Bertz CT molecular complexity index is 735. The third-order valence-corrected chi connectivity index (χ3v) is 6.44. The molecule has 2 saturated carbocycles. The van der Waals surface area contributed by atoms with E-state index in [4.69, 9.17) is 11.6 Å². The molecule has 0 aromatic heterocycles. The van der Waals surface area contributed by atoms with E-state index in [1.54, 1.807) is 12.1 Å². The van der Waals surface area contributed by atoms with Crippen LogP contribution in [-0.4, -0.2) is 29.2 Å². The smallest absolute Gasteiger partial charge is 0.233 e. The van der Waals surface area contributed by atoms with Gasteiger partial charge in [0.2, 0.25) is 17.7 Å². The highest BCUT2D eigenvalue weighted by Crippen LogP contribution is 2.56. The molecule has 132 valence electrons. The molecule has 0 radical (unpaired) electrons. The van der Waals surface area contributed by atoms with E-state index in [1.807, 2.05) is 13.0 Å². The van der Waals surface area contributed by atoms with Crippen LogP contribution in [0, 0.1) is 30.6 Å². The molecular weight excluding hydrogens is 340 g/mol. The highest BCUT2D eigenvalue weighted by molar-refractivity contribution is 6.31. The number of carbonyl (C=O) groups is 3. The van der Waals surface area contributed by atoms with Gasteiger partial charge in [-0.15, -0.1) is 0 Å². The van der Waals surface area contributed by atoms with Gasteiger partial charge in [0.1, 0.15) is 0 Å². The van der Waals surface area contributed by atoms with Crippen molar-refractivity contribution in [1.29, 1.82) is 0 Å². The summed E-state index contributed by atoms with van der Waals surface area (Å²) < 4.78 is 0. The van der Waals surface area contributed by atoms with Gasteiger partial charge < -0.3 is 5.32 Å². The Kier molecular flexibility index (Phi) is 4.07. The molecule has 0 spiro atoms. The van der Waals surface area contributed by atoms with Crippen molar-refractivity contribution in [3.63, 3.8) is 0 Å². The number of halogens is 1. The van der Waals surface area contributed by atoms with Crippen molar-refractivity contribution in [2.75, 3.05) is 11.9 Å². The molecule has 4 rings (SSSR count). The fourth-order valence-corrected chi connectivity index (χ4v) is 4.98. The number of carbonyl (C=O) groups excluding carboxylic acids is 3. The lowest BCUT2D eigenvalue weighted by atomic mass is 9.81. The summed E-state index contributed by atoms with van der Waals surface area (Å²) in [6, 6.07) is 5.32. The summed E-state index contributed by atoms with van der Waals surface area (Å²) in [5.41, 5.74) is 1.56. The third-order valence-electron chi connectivity index (χ3n) is 6.04. The number of amides is 3. The molecule has 3 amide bonds. The van der Waals surface area contributed by atoms with Gasteiger partial charge in [-0.05, 0) is 55.7 Å². The summed E-state index contributed by atoms with van der Waals surface area (Å²) in [5.74, 6) is 0.165. The van der Waals surface area contributed by atoms with E-state index >= 15 is 0 Å². The number of rotatable bonds is 4. The van der Waals surface area contributed by atoms with Crippen LogP contribution in [0.15, 0.2) is 18.2 Å². The van der Waals surface area contributed by atoms with E-state index in [2.05, 4.69) is 5.32 Å². The average molecular weight is 361 g/mol. The molecule has 0 unspecified atom stereocenters. The summed E-state index contributed by atoms with van der Waals surface area (Å²) in [6.45, 7) is 2.05. The number of anilines is 1. The predicted molar refractivity (Wildman–Crippen MR) is 94.0 cm³/mol. The molecule has 1 aromatic carbocycles. The Morgan fingerprint density at radius 2 is 1.84 bits per heavy atom. The summed E-state index contributed by atoms with van der Waals surface area (Å²) in [6.07, 6.45) is 3.26. The monoisotopic (exact) mass is 360 g/mol. The van der Waals surface area contributed by atoms with Crippen LogP contribution >= 0.6 is 11.6 Å². The Hall–Kier alpha value is -1.88. The minimum atomic E-state index is -0.222. The van der Waals surface area contributed by atoms with Crippen molar-refractivity contribution in [2.45, 2.75) is 32.6 Å². The highest BCUT2D eigenvalue weighted by atomic mass is 35.5. The molecule has 1 heterocycles. The zero-order chi connectivity index (χ0) is 17.7. The van der Waals surface area contributed by atoms with Crippen LogP contribution in [0.5, 0.6) is 0 Å². The first-order chi connectivity index (χ1) is 12.0. The van der Waals surface area contributed by atoms with E-state index in [9.17, 15) is 14.4 Å².